The van der Waals surface area contributed by atoms with Crippen molar-refractivity contribution in [2.75, 3.05) is 46.3 Å². The lowest BCUT2D eigenvalue weighted by Gasteiger charge is -2.36. The summed E-state index contributed by atoms with van der Waals surface area (Å²) >= 11 is 0. The van der Waals surface area contributed by atoms with Gasteiger partial charge in [-0.1, -0.05) is 30.3 Å². The summed E-state index contributed by atoms with van der Waals surface area (Å²) in [7, 11) is 1.79. The molecule has 1 saturated heterocycles. The number of alkyl carbamates (subject to hydrolysis) is 1. The van der Waals surface area contributed by atoms with E-state index >= 15 is 0 Å². The molecule has 0 saturated carbocycles. The molecule has 2 rings (SSSR count). The van der Waals surface area contributed by atoms with Gasteiger partial charge >= 0.3 is 6.09 Å². The van der Waals surface area contributed by atoms with Gasteiger partial charge in [-0.05, 0) is 26.3 Å². The van der Waals surface area contributed by atoms with Crippen LogP contribution in [0, 0.1) is 0 Å². The minimum atomic E-state index is -0.479. The van der Waals surface area contributed by atoms with Crippen molar-refractivity contribution in [3.05, 3.63) is 35.9 Å². The third-order valence-corrected chi connectivity index (χ3v) is 4.21. The highest BCUT2D eigenvalue weighted by Gasteiger charge is 2.20. The molecule has 0 aliphatic carbocycles. The molecular formula is C20H33N5O2. The van der Waals surface area contributed by atoms with E-state index in [-0.39, 0.29) is 0 Å². The maximum atomic E-state index is 11.7. The normalized spacial score (nSPS) is 16.1. The van der Waals surface area contributed by atoms with Crippen molar-refractivity contribution in [2.45, 2.75) is 32.9 Å². The van der Waals surface area contributed by atoms with Gasteiger partial charge in [0.15, 0.2) is 5.96 Å². The fraction of sp³-hybridized carbons (Fsp3) is 0.600. The predicted octanol–water partition coefficient (Wildman–Crippen LogP) is 1.90. The van der Waals surface area contributed by atoms with Gasteiger partial charge in [0.1, 0.15) is 5.60 Å². The Morgan fingerprint density at radius 1 is 1.07 bits per heavy atom. The zero-order valence-corrected chi connectivity index (χ0v) is 17.0. The predicted molar refractivity (Wildman–Crippen MR) is 109 cm³/mol. The molecule has 7 nitrogen and oxygen atoms in total. The molecule has 0 spiro atoms. The molecule has 1 fully saturated rings. The number of nitrogens with zero attached hydrogens (tertiary/aromatic N) is 3. The largest absolute Gasteiger partial charge is 0.444 e. The standard InChI is InChI=1S/C20H33N5O2/c1-20(2,3)27-19(26)23-11-10-22-18(21-4)25-14-12-24(13-15-25)16-17-8-6-5-7-9-17/h5-9H,10-16H2,1-4H3,(H,21,22)(H,23,26). The first-order valence-corrected chi connectivity index (χ1v) is 9.56. The van der Waals surface area contributed by atoms with E-state index in [9.17, 15) is 4.79 Å². The Morgan fingerprint density at radius 2 is 1.70 bits per heavy atom. The van der Waals surface area contributed by atoms with Crippen molar-refractivity contribution in [1.82, 2.24) is 20.4 Å². The number of piperazine rings is 1. The highest BCUT2D eigenvalue weighted by Crippen LogP contribution is 2.08. The van der Waals surface area contributed by atoms with Crippen molar-refractivity contribution in [3.8, 4) is 0 Å². The van der Waals surface area contributed by atoms with E-state index in [1.807, 2.05) is 20.8 Å². The first-order chi connectivity index (χ1) is 12.9. The Morgan fingerprint density at radius 3 is 2.30 bits per heavy atom. The molecule has 0 unspecified atom stereocenters. The second-order valence-corrected chi connectivity index (χ2v) is 7.65. The molecule has 1 aliphatic rings. The van der Waals surface area contributed by atoms with E-state index in [1.165, 1.54) is 5.56 Å². The van der Waals surface area contributed by atoms with Crippen molar-refractivity contribution in [2.24, 2.45) is 4.99 Å². The van der Waals surface area contributed by atoms with E-state index in [1.54, 1.807) is 7.05 Å². The van der Waals surface area contributed by atoms with E-state index in [0.717, 1.165) is 38.7 Å². The second kappa shape index (κ2) is 10.2. The van der Waals surface area contributed by atoms with Crippen LogP contribution in [0.5, 0.6) is 0 Å². The van der Waals surface area contributed by atoms with Gasteiger partial charge in [0.05, 0.1) is 0 Å². The molecule has 7 heteroatoms. The summed E-state index contributed by atoms with van der Waals surface area (Å²) in [5, 5.41) is 6.06. The molecule has 1 heterocycles. The van der Waals surface area contributed by atoms with Crippen LogP contribution in [0.25, 0.3) is 0 Å². The molecule has 0 radical (unpaired) electrons. The smallest absolute Gasteiger partial charge is 0.407 e. The van der Waals surface area contributed by atoms with Gasteiger partial charge in [-0.2, -0.15) is 0 Å². The molecule has 1 aromatic carbocycles. The number of carbonyl (C=O) groups excluding carboxylic acids is 1. The number of rotatable bonds is 5. The summed E-state index contributed by atoms with van der Waals surface area (Å²) in [6.45, 7) is 11.5. The van der Waals surface area contributed by atoms with Crippen LogP contribution in [0.1, 0.15) is 26.3 Å². The van der Waals surface area contributed by atoms with Crippen LogP contribution in [-0.2, 0) is 11.3 Å². The van der Waals surface area contributed by atoms with Gasteiger partial charge in [-0.3, -0.25) is 9.89 Å². The topological polar surface area (TPSA) is 69.2 Å². The van der Waals surface area contributed by atoms with Crippen LogP contribution in [0.2, 0.25) is 0 Å². The maximum Gasteiger partial charge on any atom is 0.407 e. The molecule has 0 bridgehead atoms. The minimum absolute atomic E-state index is 0.395. The first kappa shape index (κ1) is 21.0. The third-order valence-electron chi connectivity index (χ3n) is 4.21. The molecule has 0 atom stereocenters. The zero-order valence-electron chi connectivity index (χ0n) is 17.0. The number of guanidine groups is 1. The molecule has 1 aromatic rings. The highest BCUT2D eigenvalue weighted by atomic mass is 16.6. The number of carbonyl (C=O) groups is 1. The number of benzene rings is 1. The molecule has 150 valence electrons. The van der Waals surface area contributed by atoms with Crippen LogP contribution >= 0.6 is 0 Å². The summed E-state index contributed by atoms with van der Waals surface area (Å²) in [5.74, 6) is 0.875. The lowest BCUT2D eigenvalue weighted by Crippen LogP contribution is -2.53. The summed E-state index contributed by atoms with van der Waals surface area (Å²) < 4.78 is 5.22. The first-order valence-electron chi connectivity index (χ1n) is 9.56. The fourth-order valence-corrected chi connectivity index (χ4v) is 2.94. The van der Waals surface area contributed by atoms with E-state index in [0.29, 0.717) is 13.1 Å². The lowest BCUT2D eigenvalue weighted by molar-refractivity contribution is 0.0528. The average Bonchev–Trinajstić information content (AvgIpc) is 2.62. The number of amides is 1. The monoisotopic (exact) mass is 375 g/mol. The Balaban J connectivity index is 1.67. The van der Waals surface area contributed by atoms with Gasteiger partial charge in [-0.15, -0.1) is 0 Å². The lowest BCUT2D eigenvalue weighted by atomic mass is 10.2. The molecule has 1 amide bonds. The van der Waals surface area contributed by atoms with Crippen molar-refractivity contribution >= 4 is 12.1 Å². The SMILES string of the molecule is CN=C(NCCNC(=O)OC(C)(C)C)N1CCN(Cc2ccccc2)CC1. The summed E-state index contributed by atoms with van der Waals surface area (Å²) in [5.41, 5.74) is 0.870. The Labute approximate surface area is 162 Å². The van der Waals surface area contributed by atoms with Gasteiger partial charge in [0.25, 0.3) is 0 Å². The van der Waals surface area contributed by atoms with Crippen LogP contribution in [0.15, 0.2) is 35.3 Å². The number of ether oxygens (including phenoxy) is 1. The van der Waals surface area contributed by atoms with E-state index in [2.05, 4.69) is 55.8 Å². The van der Waals surface area contributed by atoms with Crippen molar-refractivity contribution in [3.63, 3.8) is 0 Å². The van der Waals surface area contributed by atoms with Gasteiger partial charge in [-0.25, -0.2) is 4.79 Å². The van der Waals surface area contributed by atoms with Crippen LogP contribution in [0.4, 0.5) is 4.79 Å². The van der Waals surface area contributed by atoms with Crippen molar-refractivity contribution in [1.29, 1.82) is 0 Å². The highest BCUT2D eigenvalue weighted by molar-refractivity contribution is 5.80. The molecule has 1 aliphatic heterocycles. The van der Waals surface area contributed by atoms with Gasteiger partial charge in [0, 0.05) is 52.9 Å². The average molecular weight is 376 g/mol. The summed E-state index contributed by atoms with van der Waals surface area (Å²) in [6, 6.07) is 10.6. The Kier molecular flexibility index (Phi) is 7.91. The minimum Gasteiger partial charge on any atom is -0.444 e. The summed E-state index contributed by atoms with van der Waals surface area (Å²) in [6.07, 6.45) is -0.395. The number of nitrogens with one attached hydrogen (secondary N) is 2. The quantitative estimate of drug-likeness (QED) is 0.467. The van der Waals surface area contributed by atoms with Crippen LogP contribution in [0.3, 0.4) is 0 Å². The molecule has 2 N–H and O–H groups in total. The van der Waals surface area contributed by atoms with Gasteiger partial charge < -0.3 is 20.3 Å². The summed E-state index contributed by atoms with van der Waals surface area (Å²) in [4.78, 5) is 20.7. The van der Waals surface area contributed by atoms with E-state index < -0.39 is 11.7 Å². The van der Waals surface area contributed by atoms with Crippen molar-refractivity contribution < 1.29 is 9.53 Å². The van der Waals surface area contributed by atoms with E-state index in [4.69, 9.17) is 4.74 Å². The molecule has 27 heavy (non-hydrogen) atoms. The maximum absolute atomic E-state index is 11.7. The fourth-order valence-electron chi connectivity index (χ4n) is 2.94. The third kappa shape index (κ3) is 7.86. The number of hydrogen-bond acceptors (Lipinski definition) is 4. The second-order valence-electron chi connectivity index (χ2n) is 7.65. The Hall–Kier alpha value is -2.28. The molecule has 0 aromatic heterocycles. The zero-order chi connectivity index (χ0) is 19.7. The van der Waals surface area contributed by atoms with Gasteiger partial charge in [0.2, 0.25) is 0 Å². The Bertz CT molecular complexity index is 605. The van der Waals surface area contributed by atoms with Crippen LogP contribution < -0.4 is 10.6 Å². The van der Waals surface area contributed by atoms with Crippen LogP contribution in [-0.4, -0.2) is 73.8 Å². The number of aliphatic imine (C=N–C) groups is 1. The number of hydrogen-bond donors (Lipinski definition) is 2. The molecular weight excluding hydrogens is 342 g/mol.